The van der Waals surface area contributed by atoms with Gasteiger partial charge in [-0.1, -0.05) is 0 Å². The van der Waals surface area contributed by atoms with E-state index in [1.54, 1.807) is 5.38 Å². The quantitative estimate of drug-likeness (QED) is 0.685. The average Bonchev–Trinajstić information content (AvgIpc) is 2.33. The minimum absolute atomic E-state index is 0.307. The zero-order chi connectivity index (χ0) is 9.84. The van der Waals surface area contributed by atoms with Gasteiger partial charge in [0.2, 0.25) is 11.8 Å². The van der Waals surface area contributed by atoms with Crippen LogP contribution in [0.25, 0.3) is 0 Å². The molecule has 0 aromatic carbocycles. The number of carbonyl (C=O) groups is 2. The molecule has 0 atom stereocenters. The second-order valence-electron chi connectivity index (χ2n) is 2.49. The largest absolute Gasteiger partial charge is 0.369 e. The van der Waals surface area contributed by atoms with Crippen LogP contribution in [-0.2, 0) is 9.59 Å². The van der Waals surface area contributed by atoms with E-state index in [-0.39, 0.29) is 6.42 Å². The number of aryl methyl sites for hydroxylation is 1. The fraction of sp³-hybridized carbons (Fsp3) is 0.286. The first kappa shape index (κ1) is 9.66. The number of nitrogens with zero attached hydrogens (tertiary/aromatic N) is 1. The maximum Gasteiger partial charge on any atom is 0.235 e. The van der Waals surface area contributed by atoms with Gasteiger partial charge in [-0.3, -0.25) is 9.59 Å². The molecule has 0 bridgehead atoms. The van der Waals surface area contributed by atoms with Crippen molar-refractivity contribution in [2.75, 3.05) is 5.32 Å². The van der Waals surface area contributed by atoms with Crippen molar-refractivity contribution in [3.05, 3.63) is 11.1 Å². The summed E-state index contributed by atoms with van der Waals surface area (Å²) in [7, 11) is 0. The van der Waals surface area contributed by atoms with Gasteiger partial charge in [0.1, 0.15) is 6.42 Å². The van der Waals surface area contributed by atoms with Gasteiger partial charge >= 0.3 is 0 Å². The third-order valence-electron chi connectivity index (χ3n) is 1.20. The molecule has 0 aliphatic carbocycles. The first-order chi connectivity index (χ1) is 6.08. The van der Waals surface area contributed by atoms with Crippen LogP contribution in [0, 0.1) is 6.92 Å². The molecule has 0 aliphatic heterocycles. The fourth-order valence-corrected chi connectivity index (χ4v) is 1.44. The predicted molar refractivity (Wildman–Crippen MR) is 49.3 cm³/mol. The van der Waals surface area contributed by atoms with Gasteiger partial charge in [0.15, 0.2) is 5.13 Å². The van der Waals surface area contributed by atoms with E-state index < -0.39 is 11.8 Å². The number of primary amides is 1. The standard InChI is InChI=1S/C7H9N3O2S/c1-4-3-13-7(9-4)10-6(12)2-5(8)11/h3H,2H2,1H3,(H2,8,11)(H,9,10,12). The van der Waals surface area contributed by atoms with Crippen molar-refractivity contribution in [1.29, 1.82) is 0 Å². The Morgan fingerprint density at radius 1 is 1.69 bits per heavy atom. The van der Waals surface area contributed by atoms with Crippen LogP contribution < -0.4 is 11.1 Å². The number of amides is 2. The fourth-order valence-electron chi connectivity index (χ4n) is 0.733. The lowest BCUT2D eigenvalue weighted by molar-refractivity contribution is -0.124. The third-order valence-corrected chi connectivity index (χ3v) is 2.08. The number of carbonyl (C=O) groups excluding carboxylic acids is 2. The Kier molecular flexibility index (Phi) is 2.97. The maximum absolute atomic E-state index is 11.0. The average molecular weight is 199 g/mol. The van der Waals surface area contributed by atoms with Crippen LogP contribution in [0.4, 0.5) is 5.13 Å². The molecule has 1 rings (SSSR count). The van der Waals surface area contributed by atoms with Gasteiger partial charge in [-0.25, -0.2) is 4.98 Å². The van der Waals surface area contributed by atoms with Crippen molar-refractivity contribution in [3.8, 4) is 0 Å². The molecular weight excluding hydrogens is 190 g/mol. The highest BCUT2D eigenvalue weighted by atomic mass is 32.1. The zero-order valence-electron chi connectivity index (χ0n) is 7.03. The molecule has 0 radical (unpaired) electrons. The minimum atomic E-state index is -0.647. The van der Waals surface area contributed by atoms with E-state index in [1.807, 2.05) is 6.92 Å². The van der Waals surface area contributed by atoms with Gasteiger partial charge < -0.3 is 11.1 Å². The predicted octanol–water partition coefficient (Wildman–Crippen LogP) is 0.265. The summed E-state index contributed by atoms with van der Waals surface area (Å²) in [6.45, 7) is 1.82. The number of nitrogens with one attached hydrogen (secondary N) is 1. The number of rotatable bonds is 3. The SMILES string of the molecule is Cc1csc(NC(=O)CC(N)=O)n1. The van der Waals surface area contributed by atoms with E-state index in [9.17, 15) is 9.59 Å². The first-order valence-corrected chi connectivity index (χ1v) is 4.46. The first-order valence-electron chi connectivity index (χ1n) is 3.58. The zero-order valence-corrected chi connectivity index (χ0v) is 7.85. The van der Waals surface area contributed by atoms with Gasteiger partial charge in [0, 0.05) is 5.38 Å². The summed E-state index contributed by atoms with van der Waals surface area (Å²) < 4.78 is 0. The molecule has 70 valence electrons. The summed E-state index contributed by atoms with van der Waals surface area (Å²) in [6.07, 6.45) is -0.307. The van der Waals surface area contributed by atoms with Gasteiger partial charge in [-0.05, 0) is 6.92 Å². The lowest BCUT2D eigenvalue weighted by atomic mass is 10.4. The lowest BCUT2D eigenvalue weighted by Crippen LogP contribution is -2.21. The van der Waals surface area contributed by atoms with Crippen LogP contribution >= 0.6 is 11.3 Å². The number of thiazole rings is 1. The van der Waals surface area contributed by atoms with E-state index in [0.29, 0.717) is 5.13 Å². The second-order valence-corrected chi connectivity index (χ2v) is 3.34. The molecule has 6 heteroatoms. The van der Waals surface area contributed by atoms with Crippen LogP contribution in [-0.4, -0.2) is 16.8 Å². The highest BCUT2D eigenvalue weighted by Crippen LogP contribution is 2.14. The number of aromatic nitrogens is 1. The molecule has 13 heavy (non-hydrogen) atoms. The minimum Gasteiger partial charge on any atom is -0.369 e. The van der Waals surface area contributed by atoms with Crippen molar-refractivity contribution in [2.24, 2.45) is 5.73 Å². The molecule has 0 spiro atoms. The molecule has 3 N–H and O–H groups in total. The van der Waals surface area contributed by atoms with E-state index >= 15 is 0 Å². The van der Waals surface area contributed by atoms with E-state index in [4.69, 9.17) is 5.73 Å². The Morgan fingerprint density at radius 3 is 2.85 bits per heavy atom. The summed E-state index contributed by atoms with van der Waals surface area (Å²) in [5.41, 5.74) is 5.67. The Bertz CT molecular complexity index is 334. The highest BCUT2D eigenvalue weighted by Gasteiger charge is 2.07. The number of hydrogen-bond acceptors (Lipinski definition) is 4. The summed E-state index contributed by atoms with van der Waals surface area (Å²) in [6, 6.07) is 0. The molecule has 1 aromatic heterocycles. The van der Waals surface area contributed by atoms with Crippen molar-refractivity contribution in [2.45, 2.75) is 13.3 Å². The second kappa shape index (κ2) is 3.99. The summed E-state index contributed by atoms with van der Waals surface area (Å²) in [5.74, 6) is -1.08. The highest BCUT2D eigenvalue weighted by molar-refractivity contribution is 7.13. The number of anilines is 1. The van der Waals surface area contributed by atoms with Crippen molar-refractivity contribution >= 4 is 28.3 Å². The molecule has 0 aliphatic rings. The molecule has 0 saturated carbocycles. The number of hydrogen-bond donors (Lipinski definition) is 2. The molecule has 0 fully saturated rings. The van der Waals surface area contributed by atoms with Gasteiger partial charge in [-0.2, -0.15) is 0 Å². The Hall–Kier alpha value is -1.43. The Labute approximate surface area is 79.0 Å². The van der Waals surface area contributed by atoms with Crippen LogP contribution in [0.3, 0.4) is 0 Å². The lowest BCUT2D eigenvalue weighted by Gasteiger charge is -1.97. The van der Waals surface area contributed by atoms with Crippen LogP contribution in [0.1, 0.15) is 12.1 Å². The van der Waals surface area contributed by atoms with Crippen molar-refractivity contribution in [1.82, 2.24) is 4.98 Å². The molecule has 0 unspecified atom stereocenters. The molecule has 1 heterocycles. The summed E-state index contributed by atoms with van der Waals surface area (Å²) in [5, 5.41) is 4.76. The molecule has 1 aromatic rings. The van der Waals surface area contributed by atoms with E-state index in [1.165, 1.54) is 11.3 Å². The van der Waals surface area contributed by atoms with Crippen LogP contribution in [0.2, 0.25) is 0 Å². The normalized spacial score (nSPS) is 9.62. The van der Waals surface area contributed by atoms with Crippen molar-refractivity contribution in [3.63, 3.8) is 0 Å². The molecule has 0 saturated heterocycles. The van der Waals surface area contributed by atoms with Crippen LogP contribution in [0.15, 0.2) is 5.38 Å². The monoisotopic (exact) mass is 199 g/mol. The number of nitrogens with two attached hydrogens (primary N) is 1. The smallest absolute Gasteiger partial charge is 0.235 e. The Morgan fingerprint density at radius 2 is 2.38 bits per heavy atom. The van der Waals surface area contributed by atoms with Gasteiger partial charge in [0.05, 0.1) is 5.69 Å². The molecular formula is C7H9N3O2S. The van der Waals surface area contributed by atoms with E-state index in [2.05, 4.69) is 10.3 Å². The molecule has 5 nitrogen and oxygen atoms in total. The van der Waals surface area contributed by atoms with Gasteiger partial charge in [-0.15, -0.1) is 11.3 Å². The topological polar surface area (TPSA) is 85.1 Å². The van der Waals surface area contributed by atoms with Crippen LogP contribution in [0.5, 0.6) is 0 Å². The maximum atomic E-state index is 11.0. The van der Waals surface area contributed by atoms with Gasteiger partial charge in [0.25, 0.3) is 0 Å². The van der Waals surface area contributed by atoms with E-state index in [0.717, 1.165) is 5.69 Å². The summed E-state index contributed by atoms with van der Waals surface area (Å²) >= 11 is 1.31. The molecule has 2 amide bonds. The third kappa shape index (κ3) is 3.20. The Balaban J connectivity index is 2.50. The summed E-state index contributed by atoms with van der Waals surface area (Å²) in [4.78, 5) is 25.3. The van der Waals surface area contributed by atoms with Crippen molar-refractivity contribution < 1.29 is 9.59 Å².